The van der Waals surface area contributed by atoms with Crippen molar-refractivity contribution in [1.82, 2.24) is 15.2 Å². The van der Waals surface area contributed by atoms with Gasteiger partial charge in [-0.3, -0.25) is 19.8 Å². The Morgan fingerprint density at radius 1 is 1.28 bits per heavy atom. The standard InChI is InChI=1S/C24H35N5O3/c1-15-11-17(13-24(3,4)12-15)28-23(32)19-8-6-10-29(19)20(31)14-27-22-18(7-5-9-26-22)21(25)16(2)30/h5,7,9,15,17,19,25H,6,8,10-14H2,1-4H3,(H,26,27)(H,28,32)/t15?,17?,19-/m0/s1. The molecule has 2 heterocycles. The summed E-state index contributed by atoms with van der Waals surface area (Å²) in [6, 6.07) is 2.96. The fourth-order valence-electron chi connectivity index (χ4n) is 5.29. The number of anilines is 1. The van der Waals surface area contributed by atoms with Crippen molar-refractivity contribution in [2.75, 3.05) is 18.4 Å². The van der Waals surface area contributed by atoms with Gasteiger partial charge in [0.25, 0.3) is 0 Å². The van der Waals surface area contributed by atoms with Crippen LogP contribution < -0.4 is 10.6 Å². The molecule has 2 fully saturated rings. The van der Waals surface area contributed by atoms with Crippen LogP contribution in [0.2, 0.25) is 0 Å². The zero-order chi connectivity index (χ0) is 23.5. The minimum Gasteiger partial charge on any atom is -0.360 e. The first-order chi connectivity index (χ1) is 15.1. The summed E-state index contributed by atoms with van der Waals surface area (Å²) in [5, 5.41) is 14.1. The third kappa shape index (κ3) is 5.72. The number of carbonyl (C=O) groups excluding carboxylic acids is 3. The average Bonchev–Trinajstić information content (AvgIpc) is 3.20. The van der Waals surface area contributed by atoms with Crippen LogP contribution in [0, 0.1) is 16.7 Å². The molecule has 8 heteroatoms. The monoisotopic (exact) mass is 441 g/mol. The number of nitrogens with zero attached hydrogens (tertiary/aromatic N) is 2. The highest BCUT2D eigenvalue weighted by Crippen LogP contribution is 2.38. The quantitative estimate of drug-likeness (QED) is 0.563. The summed E-state index contributed by atoms with van der Waals surface area (Å²) in [5.74, 6) is 0.257. The maximum absolute atomic E-state index is 13.0. The van der Waals surface area contributed by atoms with Crippen LogP contribution in [0.5, 0.6) is 0 Å². The number of hydrogen-bond donors (Lipinski definition) is 3. The SMILES string of the molecule is CC(=O)C(=N)c1cccnc1NCC(=O)N1CCC[C@H]1C(=O)NC1CC(C)CC(C)(C)C1. The molecule has 1 saturated carbocycles. The number of pyridine rings is 1. The first-order valence-corrected chi connectivity index (χ1v) is 11.5. The van der Waals surface area contributed by atoms with Crippen molar-refractivity contribution in [3.05, 3.63) is 23.9 Å². The lowest BCUT2D eigenvalue weighted by Gasteiger charge is -2.39. The third-order valence-electron chi connectivity index (χ3n) is 6.45. The predicted molar refractivity (Wildman–Crippen MR) is 124 cm³/mol. The van der Waals surface area contributed by atoms with Crippen molar-refractivity contribution < 1.29 is 14.4 Å². The molecule has 0 bridgehead atoms. The molecule has 3 atom stereocenters. The number of likely N-dealkylation sites (tertiary alicyclic amines) is 1. The molecular weight excluding hydrogens is 406 g/mol. The molecule has 1 aliphatic heterocycles. The Morgan fingerprint density at radius 3 is 2.72 bits per heavy atom. The van der Waals surface area contributed by atoms with E-state index in [-0.39, 0.29) is 41.3 Å². The Morgan fingerprint density at radius 2 is 2.03 bits per heavy atom. The van der Waals surface area contributed by atoms with Gasteiger partial charge in [0, 0.05) is 31.3 Å². The number of carbonyl (C=O) groups is 3. The van der Waals surface area contributed by atoms with Crippen LogP contribution in [-0.2, 0) is 14.4 Å². The summed E-state index contributed by atoms with van der Waals surface area (Å²) in [6.07, 6.45) is 6.09. The van der Waals surface area contributed by atoms with Crippen molar-refractivity contribution in [1.29, 1.82) is 5.41 Å². The molecule has 174 valence electrons. The molecule has 2 amide bonds. The molecule has 1 aromatic heterocycles. The Labute approximate surface area is 190 Å². The van der Waals surface area contributed by atoms with Gasteiger partial charge in [-0.1, -0.05) is 20.8 Å². The van der Waals surface area contributed by atoms with E-state index in [0.29, 0.717) is 30.3 Å². The first-order valence-electron chi connectivity index (χ1n) is 11.5. The number of hydrogen-bond acceptors (Lipinski definition) is 6. The molecule has 8 nitrogen and oxygen atoms in total. The van der Waals surface area contributed by atoms with Crippen LogP contribution in [0.4, 0.5) is 5.82 Å². The van der Waals surface area contributed by atoms with Crippen molar-refractivity contribution in [3.63, 3.8) is 0 Å². The van der Waals surface area contributed by atoms with Gasteiger partial charge in [-0.25, -0.2) is 4.98 Å². The fraction of sp³-hybridized carbons (Fsp3) is 0.625. The van der Waals surface area contributed by atoms with Gasteiger partial charge in [-0.2, -0.15) is 0 Å². The maximum atomic E-state index is 13.0. The maximum Gasteiger partial charge on any atom is 0.243 e. The predicted octanol–water partition coefficient (Wildman–Crippen LogP) is 2.77. The molecular formula is C24H35N5O3. The molecule has 0 spiro atoms. The normalized spacial score (nSPS) is 24.6. The Balaban J connectivity index is 1.61. The molecule has 3 rings (SSSR count). The van der Waals surface area contributed by atoms with E-state index in [1.165, 1.54) is 6.92 Å². The van der Waals surface area contributed by atoms with Gasteiger partial charge in [-0.05, 0) is 55.6 Å². The highest BCUT2D eigenvalue weighted by molar-refractivity contribution is 6.45. The van der Waals surface area contributed by atoms with Gasteiger partial charge in [0.15, 0.2) is 5.78 Å². The van der Waals surface area contributed by atoms with Gasteiger partial charge in [0.05, 0.1) is 6.54 Å². The van der Waals surface area contributed by atoms with Crippen LogP contribution in [-0.4, -0.2) is 58.4 Å². The summed E-state index contributed by atoms with van der Waals surface area (Å²) >= 11 is 0. The number of rotatable bonds is 7. The number of ketones is 1. The average molecular weight is 442 g/mol. The lowest BCUT2D eigenvalue weighted by molar-refractivity contribution is -0.137. The van der Waals surface area contributed by atoms with E-state index in [1.807, 2.05) is 0 Å². The summed E-state index contributed by atoms with van der Waals surface area (Å²) < 4.78 is 0. The Hall–Kier alpha value is -2.77. The van der Waals surface area contributed by atoms with E-state index in [4.69, 9.17) is 5.41 Å². The highest BCUT2D eigenvalue weighted by atomic mass is 16.2. The first kappa shape index (κ1) is 23.9. The third-order valence-corrected chi connectivity index (χ3v) is 6.45. The van der Waals surface area contributed by atoms with Crippen molar-refractivity contribution in [2.45, 2.75) is 71.9 Å². The Bertz CT molecular complexity index is 897. The molecule has 1 aliphatic carbocycles. The minimum atomic E-state index is -0.455. The van der Waals surface area contributed by atoms with Crippen LogP contribution in [0.25, 0.3) is 0 Å². The van der Waals surface area contributed by atoms with Crippen LogP contribution in [0.3, 0.4) is 0 Å². The molecule has 32 heavy (non-hydrogen) atoms. The summed E-state index contributed by atoms with van der Waals surface area (Å²) in [5.41, 5.74) is 0.410. The summed E-state index contributed by atoms with van der Waals surface area (Å²) in [7, 11) is 0. The number of nitrogens with one attached hydrogen (secondary N) is 3. The zero-order valence-electron chi connectivity index (χ0n) is 19.5. The number of amides is 2. The van der Waals surface area contributed by atoms with Crippen molar-refractivity contribution in [3.8, 4) is 0 Å². The van der Waals surface area contributed by atoms with Gasteiger partial charge in [0.1, 0.15) is 17.6 Å². The van der Waals surface area contributed by atoms with Crippen LogP contribution in [0.15, 0.2) is 18.3 Å². The minimum absolute atomic E-state index is 0.0491. The van der Waals surface area contributed by atoms with E-state index in [9.17, 15) is 14.4 Å². The second kappa shape index (κ2) is 9.79. The highest BCUT2D eigenvalue weighted by Gasteiger charge is 2.37. The van der Waals surface area contributed by atoms with Gasteiger partial charge >= 0.3 is 0 Å². The van der Waals surface area contributed by atoms with Gasteiger partial charge < -0.3 is 15.5 Å². The lowest BCUT2D eigenvalue weighted by atomic mass is 9.70. The van der Waals surface area contributed by atoms with E-state index >= 15 is 0 Å². The topological polar surface area (TPSA) is 115 Å². The lowest BCUT2D eigenvalue weighted by Crippen LogP contribution is -2.52. The smallest absolute Gasteiger partial charge is 0.243 e. The van der Waals surface area contributed by atoms with Gasteiger partial charge in [0.2, 0.25) is 11.8 Å². The summed E-state index contributed by atoms with van der Waals surface area (Å²) in [6.45, 7) is 8.55. The van der Waals surface area contributed by atoms with E-state index in [0.717, 1.165) is 25.7 Å². The van der Waals surface area contributed by atoms with Gasteiger partial charge in [-0.15, -0.1) is 0 Å². The van der Waals surface area contributed by atoms with Crippen molar-refractivity contribution >= 4 is 29.1 Å². The van der Waals surface area contributed by atoms with E-state index < -0.39 is 6.04 Å². The number of Topliss-reactive ketones (excluding diaryl/α,β-unsaturated/α-hetero) is 1. The summed E-state index contributed by atoms with van der Waals surface area (Å²) in [4.78, 5) is 43.4. The second-order valence-corrected chi connectivity index (χ2v) is 10.0. The molecule has 1 saturated heterocycles. The molecule has 1 aromatic rings. The van der Waals surface area contributed by atoms with E-state index in [2.05, 4.69) is 36.4 Å². The largest absolute Gasteiger partial charge is 0.360 e. The number of aromatic nitrogens is 1. The van der Waals surface area contributed by atoms with Crippen LogP contribution in [0.1, 0.15) is 65.4 Å². The second-order valence-electron chi connectivity index (χ2n) is 10.0. The van der Waals surface area contributed by atoms with E-state index in [1.54, 1.807) is 23.2 Å². The molecule has 2 aliphatic rings. The molecule has 2 unspecified atom stereocenters. The van der Waals surface area contributed by atoms with Crippen LogP contribution >= 0.6 is 0 Å². The Kier molecular flexibility index (Phi) is 7.31. The molecule has 3 N–H and O–H groups in total. The molecule has 0 radical (unpaired) electrons. The fourth-order valence-corrected chi connectivity index (χ4v) is 5.29. The van der Waals surface area contributed by atoms with Crippen molar-refractivity contribution in [2.24, 2.45) is 11.3 Å². The zero-order valence-corrected chi connectivity index (χ0v) is 19.5. The molecule has 0 aromatic carbocycles.